The molecule has 1 atom stereocenters. The van der Waals surface area contributed by atoms with Gasteiger partial charge in [-0.1, -0.05) is 42.1 Å². The molecule has 0 spiro atoms. The van der Waals surface area contributed by atoms with Crippen molar-refractivity contribution in [3.05, 3.63) is 94.8 Å². The summed E-state index contributed by atoms with van der Waals surface area (Å²) in [6.45, 7) is 0. The van der Waals surface area contributed by atoms with E-state index in [0.717, 1.165) is 37.1 Å². The molecule has 1 aliphatic rings. The molecule has 1 heterocycles. The van der Waals surface area contributed by atoms with E-state index in [9.17, 15) is 27.2 Å². The van der Waals surface area contributed by atoms with Crippen molar-refractivity contribution in [3.8, 4) is 0 Å². The van der Waals surface area contributed by atoms with Gasteiger partial charge in [0.1, 0.15) is 11.6 Å². The minimum Gasteiger partial charge on any atom is -0.465 e. The van der Waals surface area contributed by atoms with E-state index in [2.05, 4.69) is 0 Å². The van der Waals surface area contributed by atoms with Crippen molar-refractivity contribution in [2.75, 3.05) is 14.2 Å². The first-order valence-corrected chi connectivity index (χ1v) is 11.2. The second-order valence-corrected chi connectivity index (χ2v) is 8.72. The van der Waals surface area contributed by atoms with Crippen LogP contribution in [0.5, 0.6) is 0 Å². The van der Waals surface area contributed by atoms with Gasteiger partial charge >= 0.3 is 18.1 Å². The fourth-order valence-electron chi connectivity index (χ4n) is 3.76. The lowest BCUT2D eigenvalue weighted by molar-refractivity contribution is -0.273. The number of esters is 2. The average Bonchev–Trinajstić information content (AvgIpc) is 2.99. The van der Waals surface area contributed by atoms with E-state index in [0.29, 0.717) is 9.79 Å². The predicted octanol–water partition coefficient (Wildman–Crippen LogP) is 6.22. The molecule has 0 bridgehead atoms. The van der Waals surface area contributed by atoms with Crippen LogP contribution in [0.2, 0.25) is 0 Å². The SMILES string of the molecule is COC(=O)c1ccc2c(c1)Sc1ccc(F)cc1C=C2OC(=O)C(OC)(c1ccccc1)C(F)(F)F. The number of methoxy groups -OCH3 is 2. The molecule has 0 N–H and O–H groups in total. The molecule has 36 heavy (non-hydrogen) atoms. The van der Waals surface area contributed by atoms with Crippen molar-refractivity contribution in [2.24, 2.45) is 0 Å². The number of halogens is 4. The molecule has 4 rings (SSSR count). The van der Waals surface area contributed by atoms with E-state index in [4.69, 9.17) is 14.2 Å². The Labute approximate surface area is 207 Å². The van der Waals surface area contributed by atoms with Gasteiger partial charge in [-0.3, -0.25) is 0 Å². The normalized spacial score (nSPS) is 14.4. The molecule has 3 aromatic carbocycles. The molecular formula is C26H18F4O5S. The highest BCUT2D eigenvalue weighted by atomic mass is 32.2. The van der Waals surface area contributed by atoms with Gasteiger partial charge in [-0.05, 0) is 48.0 Å². The third kappa shape index (κ3) is 4.49. The summed E-state index contributed by atoms with van der Waals surface area (Å²) in [6.07, 6.45) is -3.91. The topological polar surface area (TPSA) is 61.8 Å². The van der Waals surface area contributed by atoms with Crippen LogP contribution in [0.25, 0.3) is 11.8 Å². The van der Waals surface area contributed by atoms with Crippen LogP contribution in [-0.4, -0.2) is 32.3 Å². The molecule has 0 aliphatic carbocycles. The number of rotatable bonds is 5. The Morgan fingerprint density at radius 3 is 2.25 bits per heavy atom. The van der Waals surface area contributed by atoms with E-state index in [1.807, 2.05) is 0 Å². The molecule has 1 aliphatic heterocycles. The fourth-order valence-corrected chi connectivity index (χ4v) is 4.83. The van der Waals surface area contributed by atoms with E-state index in [1.54, 1.807) is 0 Å². The summed E-state index contributed by atoms with van der Waals surface area (Å²) in [7, 11) is 1.97. The number of hydrogen-bond donors (Lipinski definition) is 0. The Kier molecular flexibility index (Phi) is 6.92. The van der Waals surface area contributed by atoms with Gasteiger partial charge in [0, 0.05) is 28.0 Å². The molecule has 0 saturated carbocycles. The van der Waals surface area contributed by atoms with Gasteiger partial charge in [0.05, 0.1) is 12.7 Å². The van der Waals surface area contributed by atoms with Crippen molar-refractivity contribution < 1.29 is 41.4 Å². The van der Waals surface area contributed by atoms with Gasteiger partial charge in [-0.2, -0.15) is 13.2 Å². The Balaban J connectivity index is 1.87. The van der Waals surface area contributed by atoms with Gasteiger partial charge in [-0.25, -0.2) is 14.0 Å². The van der Waals surface area contributed by atoms with Crippen LogP contribution in [0.4, 0.5) is 17.6 Å². The van der Waals surface area contributed by atoms with Gasteiger partial charge in [0.15, 0.2) is 0 Å². The highest BCUT2D eigenvalue weighted by Gasteiger charge is 2.64. The first-order chi connectivity index (χ1) is 17.1. The first kappa shape index (κ1) is 25.5. The number of carbonyl (C=O) groups excluding carboxylic acids is 2. The molecule has 3 aromatic rings. The maximum Gasteiger partial charge on any atom is 0.432 e. The van der Waals surface area contributed by atoms with Crippen molar-refractivity contribution in [1.82, 2.24) is 0 Å². The maximum absolute atomic E-state index is 14.4. The first-order valence-electron chi connectivity index (χ1n) is 10.4. The molecule has 10 heteroatoms. The summed E-state index contributed by atoms with van der Waals surface area (Å²) in [5.41, 5.74) is -3.23. The van der Waals surface area contributed by atoms with E-state index in [1.165, 1.54) is 61.7 Å². The van der Waals surface area contributed by atoms with Gasteiger partial charge < -0.3 is 14.2 Å². The highest BCUT2D eigenvalue weighted by Crippen LogP contribution is 2.46. The monoisotopic (exact) mass is 518 g/mol. The van der Waals surface area contributed by atoms with Crippen molar-refractivity contribution >= 4 is 35.5 Å². The zero-order valence-corrected chi connectivity index (χ0v) is 19.7. The molecule has 5 nitrogen and oxygen atoms in total. The van der Waals surface area contributed by atoms with Crippen LogP contribution in [0, 0.1) is 5.82 Å². The smallest absolute Gasteiger partial charge is 0.432 e. The van der Waals surface area contributed by atoms with Crippen molar-refractivity contribution in [3.63, 3.8) is 0 Å². The Bertz CT molecular complexity index is 1350. The van der Waals surface area contributed by atoms with Crippen LogP contribution in [0.15, 0.2) is 76.5 Å². The largest absolute Gasteiger partial charge is 0.465 e. The molecule has 1 unspecified atom stereocenters. The molecule has 0 aromatic heterocycles. The number of hydrogen-bond acceptors (Lipinski definition) is 6. The lowest BCUT2D eigenvalue weighted by Crippen LogP contribution is -2.51. The minimum absolute atomic E-state index is 0.172. The lowest BCUT2D eigenvalue weighted by atomic mass is 9.92. The molecule has 186 valence electrons. The average molecular weight is 518 g/mol. The van der Waals surface area contributed by atoms with Gasteiger partial charge in [-0.15, -0.1) is 0 Å². The van der Waals surface area contributed by atoms with Crippen LogP contribution < -0.4 is 0 Å². The summed E-state index contributed by atoms with van der Waals surface area (Å²) >= 11 is 1.13. The van der Waals surface area contributed by atoms with Crippen LogP contribution in [0.1, 0.15) is 27.0 Å². The van der Waals surface area contributed by atoms with Gasteiger partial charge in [0.25, 0.3) is 5.60 Å². The zero-order valence-electron chi connectivity index (χ0n) is 18.9. The minimum atomic E-state index is -5.18. The predicted molar refractivity (Wildman–Crippen MR) is 123 cm³/mol. The van der Waals surface area contributed by atoms with Crippen LogP contribution in [-0.2, 0) is 24.6 Å². The van der Waals surface area contributed by atoms with E-state index in [-0.39, 0.29) is 22.4 Å². The van der Waals surface area contributed by atoms with E-state index >= 15 is 0 Å². The van der Waals surface area contributed by atoms with E-state index < -0.39 is 35.1 Å². The summed E-state index contributed by atoms with van der Waals surface area (Å²) < 4.78 is 72.0. The summed E-state index contributed by atoms with van der Waals surface area (Å²) in [6, 6.07) is 14.5. The molecule has 0 radical (unpaired) electrons. The van der Waals surface area contributed by atoms with Crippen molar-refractivity contribution in [1.29, 1.82) is 0 Å². The Morgan fingerprint density at radius 2 is 1.61 bits per heavy atom. The molecule has 0 amide bonds. The molecular weight excluding hydrogens is 500 g/mol. The number of ether oxygens (including phenoxy) is 3. The fraction of sp³-hybridized carbons (Fsp3) is 0.154. The Morgan fingerprint density at radius 1 is 0.889 bits per heavy atom. The third-order valence-electron chi connectivity index (χ3n) is 5.52. The molecule has 0 saturated heterocycles. The number of fused-ring (bicyclic) bond motifs is 2. The van der Waals surface area contributed by atoms with Gasteiger partial charge in [0.2, 0.25) is 0 Å². The third-order valence-corrected chi connectivity index (χ3v) is 6.67. The second kappa shape index (κ2) is 9.79. The Hall–Kier alpha value is -3.63. The second-order valence-electron chi connectivity index (χ2n) is 7.63. The quantitative estimate of drug-likeness (QED) is 0.295. The number of carbonyl (C=O) groups is 2. The van der Waals surface area contributed by atoms with Crippen molar-refractivity contribution in [2.45, 2.75) is 21.6 Å². The number of alkyl halides is 3. The zero-order chi connectivity index (χ0) is 26.1. The highest BCUT2D eigenvalue weighted by molar-refractivity contribution is 7.99. The summed E-state index contributed by atoms with van der Waals surface area (Å²) in [5.74, 6) is -3.24. The maximum atomic E-state index is 14.4. The lowest BCUT2D eigenvalue weighted by Gasteiger charge is -2.32. The van der Waals surface area contributed by atoms with Crippen LogP contribution >= 0.6 is 11.8 Å². The number of benzene rings is 3. The van der Waals surface area contributed by atoms with Crippen LogP contribution in [0.3, 0.4) is 0 Å². The summed E-state index contributed by atoms with van der Waals surface area (Å²) in [5, 5.41) is 0. The standard InChI is InChI=1S/C26H18F4O5S/c1-33-23(31)15-8-10-19-20(13-16-12-18(27)9-11-21(16)36-22(19)14-15)35-24(32)25(34-2,26(28,29)30)17-6-4-3-5-7-17/h3-14H,1-2H3. The molecule has 0 fully saturated rings. The summed E-state index contributed by atoms with van der Waals surface area (Å²) in [4.78, 5) is 26.2.